The predicted molar refractivity (Wildman–Crippen MR) is 73.7 cm³/mol. The molecule has 0 bridgehead atoms. The van der Waals surface area contributed by atoms with Gasteiger partial charge in [-0.2, -0.15) is 0 Å². The molecule has 1 aliphatic rings. The minimum absolute atomic E-state index is 0.222. The molecule has 1 fully saturated rings. The van der Waals surface area contributed by atoms with Crippen molar-refractivity contribution in [3.8, 4) is 0 Å². The summed E-state index contributed by atoms with van der Waals surface area (Å²) in [6.07, 6.45) is 1.23. The standard InChI is InChI=1S/C16H18FNO/c1-10-3-4-12(17)8-15(10)18-9-13-5-6-16(19-13)14-7-11(14)2/h3-6,8,11,14,18H,7,9H2,1-2H3. The number of rotatable bonds is 4. The topological polar surface area (TPSA) is 25.2 Å². The molecular weight excluding hydrogens is 241 g/mol. The highest BCUT2D eigenvalue weighted by atomic mass is 19.1. The molecule has 0 aliphatic heterocycles. The van der Waals surface area contributed by atoms with Crippen LogP contribution < -0.4 is 5.32 Å². The first-order valence-corrected chi connectivity index (χ1v) is 6.72. The molecule has 19 heavy (non-hydrogen) atoms. The Balaban J connectivity index is 1.65. The molecule has 1 saturated carbocycles. The van der Waals surface area contributed by atoms with Crippen molar-refractivity contribution in [3.63, 3.8) is 0 Å². The fraction of sp³-hybridized carbons (Fsp3) is 0.375. The van der Waals surface area contributed by atoms with E-state index in [2.05, 4.69) is 18.3 Å². The van der Waals surface area contributed by atoms with Crippen LogP contribution >= 0.6 is 0 Å². The second kappa shape index (κ2) is 4.72. The van der Waals surface area contributed by atoms with Crippen LogP contribution in [0.5, 0.6) is 0 Å². The molecule has 2 atom stereocenters. The molecule has 2 nitrogen and oxygen atoms in total. The van der Waals surface area contributed by atoms with Crippen LogP contribution in [-0.4, -0.2) is 0 Å². The lowest BCUT2D eigenvalue weighted by atomic mass is 10.2. The van der Waals surface area contributed by atoms with Crippen molar-refractivity contribution in [3.05, 3.63) is 53.2 Å². The number of nitrogens with one attached hydrogen (secondary N) is 1. The van der Waals surface area contributed by atoms with Gasteiger partial charge in [0.05, 0.1) is 6.54 Å². The van der Waals surface area contributed by atoms with Crippen LogP contribution in [0, 0.1) is 18.7 Å². The van der Waals surface area contributed by atoms with Crippen LogP contribution in [-0.2, 0) is 6.54 Å². The summed E-state index contributed by atoms with van der Waals surface area (Å²) in [5.74, 6) is 3.11. The first-order chi connectivity index (χ1) is 9.13. The smallest absolute Gasteiger partial charge is 0.125 e. The van der Waals surface area contributed by atoms with E-state index in [4.69, 9.17) is 4.42 Å². The first-order valence-electron chi connectivity index (χ1n) is 6.72. The van der Waals surface area contributed by atoms with Gasteiger partial charge in [-0.25, -0.2) is 4.39 Å². The van der Waals surface area contributed by atoms with E-state index in [9.17, 15) is 4.39 Å². The van der Waals surface area contributed by atoms with Crippen LogP contribution in [0.1, 0.15) is 36.3 Å². The number of halogens is 1. The number of aryl methyl sites for hydroxylation is 1. The Morgan fingerprint density at radius 3 is 2.84 bits per heavy atom. The fourth-order valence-corrected chi connectivity index (χ4v) is 2.37. The Labute approximate surface area is 112 Å². The van der Waals surface area contributed by atoms with Gasteiger partial charge in [-0.3, -0.25) is 0 Å². The maximum atomic E-state index is 13.2. The average Bonchev–Trinajstić information content (AvgIpc) is 2.93. The van der Waals surface area contributed by atoms with Crippen molar-refractivity contribution in [2.24, 2.45) is 5.92 Å². The molecule has 100 valence electrons. The molecule has 0 radical (unpaired) electrons. The van der Waals surface area contributed by atoms with E-state index in [1.54, 1.807) is 6.07 Å². The Bertz CT molecular complexity index is 590. The SMILES string of the molecule is Cc1ccc(F)cc1NCc1ccc(C2CC2C)o1. The van der Waals surface area contributed by atoms with E-state index in [-0.39, 0.29) is 5.82 Å². The molecule has 0 amide bonds. The molecule has 2 unspecified atom stereocenters. The maximum absolute atomic E-state index is 13.2. The van der Waals surface area contributed by atoms with E-state index in [0.717, 1.165) is 28.7 Å². The van der Waals surface area contributed by atoms with Gasteiger partial charge in [-0.1, -0.05) is 13.0 Å². The number of hydrogen-bond acceptors (Lipinski definition) is 2. The highest BCUT2D eigenvalue weighted by molar-refractivity contribution is 5.50. The molecule has 3 rings (SSSR count). The third-order valence-electron chi connectivity index (χ3n) is 3.81. The monoisotopic (exact) mass is 259 g/mol. The second-order valence-corrected chi connectivity index (χ2v) is 5.44. The van der Waals surface area contributed by atoms with Crippen LogP contribution in [0.3, 0.4) is 0 Å². The van der Waals surface area contributed by atoms with Crippen molar-refractivity contribution < 1.29 is 8.81 Å². The molecule has 3 heteroatoms. The first kappa shape index (κ1) is 12.3. The highest BCUT2D eigenvalue weighted by Gasteiger charge is 2.36. The number of anilines is 1. The molecule has 0 saturated heterocycles. The van der Waals surface area contributed by atoms with Crippen molar-refractivity contribution in [1.82, 2.24) is 0 Å². The summed E-state index contributed by atoms with van der Waals surface area (Å²) in [4.78, 5) is 0. The van der Waals surface area contributed by atoms with E-state index in [1.165, 1.54) is 18.6 Å². The van der Waals surface area contributed by atoms with Gasteiger partial charge >= 0.3 is 0 Å². The van der Waals surface area contributed by atoms with Gasteiger partial charge < -0.3 is 9.73 Å². The molecule has 1 N–H and O–H groups in total. The molecule has 1 aliphatic carbocycles. The quantitative estimate of drug-likeness (QED) is 0.876. The summed E-state index contributed by atoms with van der Waals surface area (Å²) in [6, 6.07) is 8.82. The Morgan fingerprint density at radius 1 is 1.32 bits per heavy atom. The van der Waals surface area contributed by atoms with Crippen molar-refractivity contribution in [2.45, 2.75) is 32.7 Å². The van der Waals surface area contributed by atoms with Crippen LogP contribution in [0.4, 0.5) is 10.1 Å². The Hall–Kier alpha value is -1.77. The Morgan fingerprint density at radius 2 is 2.11 bits per heavy atom. The van der Waals surface area contributed by atoms with Gasteiger partial charge in [-0.05, 0) is 49.1 Å². The molecule has 1 aromatic heterocycles. The van der Waals surface area contributed by atoms with E-state index in [1.807, 2.05) is 13.0 Å². The summed E-state index contributed by atoms with van der Waals surface area (Å²) in [7, 11) is 0. The van der Waals surface area contributed by atoms with Crippen LogP contribution in [0.2, 0.25) is 0 Å². The molecule has 2 aromatic rings. The van der Waals surface area contributed by atoms with Crippen molar-refractivity contribution >= 4 is 5.69 Å². The Kier molecular flexibility index (Phi) is 3.05. The largest absolute Gasteiger partial charge is 0.464 e. The predicted octanol–water partition coefficient (Wildman–Crippen LogP) is 4.46. The van der Waals surface area contributed by atoms with Gasteiger partial charge in [0.25, 0.3) is 0 Å². The summed E-state index contributed by atoms with van der Waals surface area (Å²) < 4.78 is 19.0. The van der Waals surface area contributed by atoms with Crippen LogP contribution in [0.15, 0.2) is 34.7 Å². The third kappa shape index (κ3) is 2.65. The molecular formula is C16H18FNO. The fourth-order valence-electron chi connectivity index (χ4n) is 2.37. The minimum Gasteiger partial charge on any atom is -0.464 e. The number of furan rings is 1. The zero-order valence-corrected chi connectivity index (χ0v) is 11.2. The lowest BCUT2D eigenvalue weighted by molar-refractivity contribution is 0.468. The van der Waals surface area contributed by atoms with E-state index in [0.29, 0.717) is 12.5 Å². The van der Waals surface area contributed by atoms with Crippen molar-refractivity contribution in [2.75, 3.05) is 5.32 Å². The zero-order valence-electron chi connectivity index (χ0n) is 11.2. The summed E-state index contributed by atoms with van der Waals surface area (Å²) in [5.41, 5.74) is 1.85. The van der Waals surface area contributed by atoms with Gasteiger partial charge in [0, 0.05) is 11.6 Å². The number of hydrogen-bond donors (Lipinski definition) is 1. The molecule has 1 aromatic carbocycles. The normalized spacial score (nSPS) is 21.4. The van der Waals surface area contributed by atoms with Gasteiger partial charge in [0.2, 0.25) is 0 Å². The second-order valence-electron chi connectivity index (χ2n) is 5.44. The van der Waals surface area contributed by atoms with Crippen LogP contribution in [0.25, 0.3) is 0 Å². The van der Waals surface area contributed by atoms with Gasteiger partial charge in [-0.15, -0.1) is 0 Å². The minimum atomic E-state index is -0.222. The number of benzene rings is 1. The average molecular weight is 259 g/mol. The summed E-state index contributed by atoms with van der Waals surface area (Å²) in [6.45, 7) is 4.79. The zero-order chi connectivity index (χ0) is 13.4. The highest BCUT2D eigenvalue weighted by Crippen LogP contribution is 2.47. The molecule has 0 spiro atoms. The third-order valence-corrected chi connectivity index (χ3v) is 3.81. The lowest BCUT2D eigenvalue weighted by Crippen LogP contribution is -2.00. The summed E-state index contributed by atoms with van der Waals surface area (Å²) >= 11 is 0. The van der Waals surface area contributed by atoms with Crippen molar-refractivity contribution in [1.29, 1.82) is 0 Å². The summed E-state index contributed by atoms with van der Waals surface area (Å²) in [5, 5.41) is 3.22. The van der Waals surface area contributed by atoms with Gasteiger partial charge in [0.15, 0.2) is 0 Å². The van der Waals surface area contributed by atoms with E-state index >= 15 is 0 Å². The van der Waals surface area contributed by atoms with E-state index < -0.39 is 0 Å². The molecule has 1 heterocycles. The van der Waals surface area contributed by atoms with Gasteiger partial charge in [0.1, 0.15) is 17.3 Å². The maximum Gasteiger partial charge on any atom is 0.125 e. The lowest BCUT2D eigenvalue weighted by Gasteiger charge is -2.08.